The van der Waals surface area contributed by atoms with Crippen molar-refractivity contribution in [2.24, 2.45) is 0 Å². The summed E-state index contributed by atoms with van der Waals surface area (Å²) in [5.74, 6) is 0.452. The predicted octanol–water partition coefficient (Wildman–Crippen LogP) is 0.164. The maximum atomic E-state index is 12.1. The van der Waals surface area contributed by atoms with Gasteiger partial charge in [0.15, 0.2) is 0 Å². The molecule has 2 heterocycles. The smallest absolute Gasteiger partial charge is 0.237 e. The van der Waals surface area contributed by atoms with Crippen molar-refractivity contribution in [2.75, 3.05) is 24.6 Å². The molecule has 1 atom stereocenters. The molecule has 104 valence electrons. The first kappa shape index (κ1) is 13.8. The number of carbonyl (C=O) groups is 1. The highest BCUT2D eigenvalue weighted by Crippen LogP contribution is 2.14. The Morgan fingerprint density at radius 3 is 2.33 bits per heavy atom. The fraction of sp³-hybridized carbons (Fsp3) is 0.917. The second-order valence-electron chi connectivity index (χ2n) is 5.35. The van der Waals surface area contributed by atoms with E-state index in [0.717, 1.165) is 13.1 Å². The minimum absolute atomic E-state index is 0.0334. The predicted molar refractivity (Wildman–Crippen MR) is 70.1 cm³/mol. The van der Waals surface area contributed by atoms with Gasteiger partial charge in [-0.2, -0.15) is 0 Å². The normalized spacial score (nSPS) is 26.9. The molecule has 18 heavy (non-hydrogen) atoms. The summed E-state index contributed by atoms with van der Waals surface area (Å²) >= 11 is 0. The third-order valence-corrected chi connectivity index (χ3v) is 5.68. The number of hydrogen-bond donors (Lipinski definition) is 1. The van der Waals surface area contributed by atoms with Crippen LogP contribution in [-0.4, -0.2) is 55.9 Å². The maximum absolute atomic E-state index is 12.1. The van der Waals surface area contributed by atoms with Crippen LogP contribution in [0.25, 0.3) is 0 Å². The van der Waals surface area contributed by atoms with Crippen molar-refractivity contribution < 1.29 is 13.2 Å². The first-order chi connectivity index (χ1) is 8.48. The highest BCUT2D eigenvalue weighted by molar-refractivity contribution is 7.91. The van der Waals surface area contributed by atoms with Gasteiger partial charge in [0.1, 0.15) is 9.84 Å². The Morgan fingerprint density at radius 1 is 1.22 bits per heavy atom. The minimum Gasteiger partial charge on any atom is -0.352 e. The van der Waals surface area contributed by atoms with Gasteiger partial charge in [-0.25, -0.2) is 8.42 Å². The number of nitrogens with one attached hydrogen (secondary N) is 1. The van der Waals surface area contributed by atoms with Crippen molar-refractivity contribution in [3.05, 3.63) is 0 Å². The molecule has 1 amide bonds. The second kappa shape index (κ2) is 5.57. The van der Waals surface area contributed by atoms with Gasteiger partial charge in [-0.15, -0.1) is 0 Å². The Balaban J connectivity index is 1.80. The fourth-order valence-corrected chi connectivity index (χ4v) is 4.14. The van der Waals surface area contributed by atoms with Crippen LogP contribution >= 0.6 is 0 Å². The van der Waals surface area contributed by atoms with Crippen LogP contribution in [0.3, 0.4) is 0 Å². The van der Waals surface area contributed by atoms with Crippen LogP contribution in [0.1, 0.15) is 32.6 Å². The van der Waals surface area contributed by atoms with E-state index in [2.05, 4.69) is 10.2 Å². The van der Waals surface area contributed by atoms with E-state index in [4.69, 9.17) is 0 Å². The average molecular weight is 274 g/mol. The van der Waals surface area contributed by atoms with Crippen molar-refractivity contribution in [2.45, 2.75) is 44.7 Å². The molecule has 1 unspecified atom stereocenters. The van der Waals surface area contributed by atoms with Crippen molar-refractivity contribution in [1.29, 1.82) is 0 Å². The molecule has 0 saturated carbocycles. The van der Waals surface area contributed by atoms with E-state index in [1.165, 1.54) is 12.8 Å². The molecular weight excluding hydrogens is 252 g/mol. The number of nitrogens with zero attached hydrogens (tertiary/aromatic N) is 1. The molecule has 0 aliphatic carbocycles. The van der Waals surface area contributed by atoms with Gasteiger partial charge in [-0.05, 0) is 45.7 Å². The van der Waals surface area contributed by atoms with Gasteiger partial charge in [0.2, 0.25) is 5.91 Å². The molecule has 2 aliphatic heterocycles. The molecule has 0 aromatic heterocycles. The van der Waals surface area contributed by atoms with Crippen LogP contribution in [0.15, 0.2) is 0 Å². The summed E-state index contributed by atoms with van der Waals surface area (Å²) in [6, 6.07) is -0.0582. The number of sulfone groups is 1. The highest BCUT2D eigenvalue weighted by atomic mass is 32.2. The molecule has 0 spiro atoms. The molecule has 2 fully saturated rings. The van der Waals surface area contributed by atoms with Crippen LogP contribution in [0.4, 0.5) is 0 Å². The van der Waals surface area contributed by atoms with Crippen LogP contribution < -0.4 is 5.32 Å². The van der Waals surface area contributed by atoms with E-state index < -0.39 is 9.84 Å². The molecule has 2 aliphatic rings. The summed E-state index contributed by atoms with van der Waals surface area (Å²) in [7, 11) is -2.85. The zero-order valence-electron chi connectivity index (χ0n) is 10.9. The van der Waals surface area contributed by atoms with E-state index in [9.17, 15) is 13.2 Å². The summed E-state index contributed by atoms with van der Waals surface area (Å²) in [6.45, 7) is 3.92. The monoisotopic (exact) mass is 274 g/mol. The van der Waals surface area contributed by atoms with Crippen LogP contribution in [0.2, 0.25) is 0 Å². The lowest BCUT2D eigenvalue weighted by molar-refractivity contribution is -0.126. The molecule has 0 bridgehead atoms. The Labute approximate surface area is 109 Å². The molecule has 2 saturated heterocycles. The largest absolute Gasteiger partial charge is 0.352 e. The van der Waals surface area contributed by atoms with Crippen molar-refractivity contribution in [3.63, 3.8) is 0 Å². The molecule has 0 radical (unpaired) electrons. The van der Waals surface area contributed by atoms with Gasteiger partial charge in [-0.3, -0.25) is 9.69 Å². The first-order valence-corrected chi connectivity index (χ1v) is 8.55. The van der Waals surface area contributed by atoms with E-state index in [1.54, 1.807) is 0 Å². The van der Waals surface area contributed by atoms with Crippen molar-refractivity contribution in [1.82, 2.24) is 10.2 Å². The molecule has 1 N–H and O–H groups in total. The van der Waals surface area contributed by atoms with E-state index in [1.807, 2.05) is 6.92 Å². The standard InChI is InChI=1S/C12H22N2O3S/c1-10(14-6-2-3-7-14)12(15)13-11-4-8-18(16,17)9-5-11/h10-11H,2-9H2,1H3,(H,13,15). The molecule has 0 aromatic rings. The van der Waals surface area contributed by atoms with Gasteiger partial charge in [0, 0.05) is 6.04 Å². The quantitative estimate of drug-likeness (QED) is 0.796. The lowest BCUT2D eigenvalue weighted by Gasteiger charge is -2.28. The number of rotatable bonds is 3. The topological polar surface area (TPSA) is 66.5 Å². The third-order valence-electron chi connectivity index (χ3n) is 3.97. The zero-order valence-corrected chi connectivity index (χ0v) is 11.7. The molecule has 5 nitrogen and oxygen atoms in total. The molecular formula is C12H22N2O3S. The van der Waals surface area contributed by atoms with E-state index in [-0.39, 0.29) is 29.5 Å². The number of hydrogen-bond acceptors (Lipinski definition) is 4. The Bertz CT molecular complexity index is 388. The lowest BCUT2D eigenvalue weighted by atomic mass is 10.1. The van der Waals surface area contributed by atoms with Crippen molar-refractivity contribution >= 4 is 15.7 Å². The summed E-state index contributed by atoms with van der Waals surface area (Å²) in [5.41, 5.74) is 0. The fourth-order valence-electron chi connectivity index (χ4n) is 2.65. The van der Waals surface area contributed by atoms with Gasteiger partial charge in [-0.1, -0.05) is 0 Å². The molecule has 2 rings (SSSR count). The van der Waals surface area contributed by atoms with Crippen LogP contribution in [0, 0.1) is 0 Å². The van der Waals surface area contributed by atoms with Gasteiger partial charge in [0.25, 0.3) is 0 Å². The Hall–Kier alpha value is -0.620. The van der Waals surface area contributed by atoms with Crippen LogP contribution in [-0.2, 0) is 14.6 Å². The average Bonchev–Trinajstić information content (AvgIpc) is 2.84. The summed E-state index contributed by atoms with van der Waals surface area (Å²) in [6.07, 6.45) is 3.44. The van der Waals surface area contributed by atoms with E-state index in [0.29, 0.717) is 12.8 Å². The van der Waals surface area contributed by atoms with Gasteiger partial charge < -0.3 is 5.32 Å². The van der Waals surface area contributed by atoms with Crippen molar-refractivity contribution in [3.8, 4) is 0 Å². The van der Waals surface area contributed by atoms with Gasteiger partial charge >= 0.3 is 0 Å². The second-order valence-corrected chi connectivity index (χ2v) is 7.66. The Kier molecular flexibility index (Phi) is 4.27. The first-order valence-electron chi connectivity index (χ1n) is 6.73. The molecule has 0 aromatic carbocycles. The summed E-state index contributed by atoms with van der Waals surface area (Å²) in [5, 5.41) is 2.99. The van der Waals surface area contributed by atoms with Crippen LogP contribution in [0.5, 0.6) is 0 Å². The maximum Gasteiger partial charge on any atom is 0.237 e. The Morgan fingerprint density at radius 2 is 1.78 bits per heavy atom. The lowest BCUT2D eigenvalue weighted by Crippen LogP contribution is -2.49. The van der Waals surface area contributed by atoms with E-state index >= 15 is 0 Å². The van der Waals surface area contributed by atoms with Gasteiger partial charge in [0.05, 0.1) is 17.5 Å². The summed E-state index contributed by atoms with van der Waals surface area (Å²) in [4.78, 5) is 14.2. The third kappa shape index (κ3) is 3.45. The highest BCUT2D eigenvalue weighted by Gasteiger charge is 2.28. The molecule has 6 heteroatoms. The SMILES string of the molecule is CC(C(=O)NC1CCS(=O)(=O)CC1)N1CCCC1. The number of amides is 1. The summed E-state index contributed by atoms with van der Waals surface area (Å²) < 4.78 is 22.6. The number of carbonyl (C=O) groups excluding carboxylic acids is 1. The zero-order chi connectivity index (χ0) is 13.2. The minimum atomic E-state index is -2.85. The number of likely N-dealkylation sites (tertiary alicyclic amines) is 1.